The summed E-state index contributed by atoms with van der Waals surface area (Å²) < 4.78 is 11.3. The second-order valence-corrected chi connectivity index (χ2v) is 6.55. The van der Waals surface area contributed by atoms with Gasteiger partial charge in [-0.1, -0.05) is 6.07 Å². The Hall–Kier alpha value is -2.67. The predicted octanol–water partition coefficient (Wildman–Crippen LogP) is 2.23. The molecule has 7 nitrogen and oxygen atoms in total. The van der Waals surface area contributed by atoms with E-state index >= 15 is 0 Å². The zero-order valence-corrected chi connectivity index (χ0v) is 15.6. The third kappa shape index (κ3) is 4.54. The van der Waals surface area contributed by atoms with Crippen LogP contribution in [-0.2, 0) is 0 Å². The predicted molar refractivity (Wildman–Crippen MR) is 102 cm³/mol. The number of methoxy groups -OCH3 is 1. The third-order valence-corrected chi connectivity index (χ3v) is 4.76. The van der Waals surface area contributed by atoms with Crippen LogP contribution in [0.1, 0.15) is 41.2 Å². The Bertz CT molecular complexity index is 754. The molecule has 1 aromatic carbocycles. The maximum atomic E-state index is 13.2. The highest BCUT2D eigenvalue weighted by atomic mass is 16.5. The Kier molecular flexibility index (Phi) is 6.59. The zero-order chi connectivity index (χ0) is 19.1. The SMILES string of the molecule is COc1cccc(C(=O)N2CCC[C@H](c3ccncn3)C2)c1OCCCN. The number of nitrogens with zero attached hydrogens (tertiary/aromatic N) is 3. The fraction of sp³-hybridized carbons (Fsp3) is 0.450. The second kappa shape index (κ2) is 9.32. The van der Waals surface area contributed by atoms with E-state index in [0.29, 0.717) is 43.2 Å². The molecule has 1 atom stereocenters. The number of rotatable bonds is 7. The van der Waals surface area contributed by atoms with Crippen LogP contribution in [0.5, 0.6) is 11.5 Å². The number of hydrogen-bond acceptors (Lipinski definition) is 6. The van der Waals surface area contributed by atoms with E-state index in [-0.39, 0.29) is 11.8 Å². The molecule has 0 aliphatic carbocycles. The van der Waals surface area contributed by atoms with E-state index in [9.17, 15) is 4.79 Å². The molecule has 1 amide bonds. The summed E-state index contributed by atoms with van der Waals surface area (Å²) in [6, 6.07) is 7.32. The maximum Gasteiger partial charge on any atom is 0.257 e. The van der Waals surface area contributed by atoms with E-state index in [2.05, 4.69) is 9.97 Å². The molecule has 144 valence electrons. The highest BCUT2D eigenvalue weighted by molar-refractivity contribution is 5.98. The molecule has 2 aromatic rings. The van der Waals surface area contributed by atoms with Crippen molar-refractivity contribution in [1.82, 2.24) is 14.9 Å². The van der Waals surface area contributed by atoms with Crippen molar-refractivity contribution in [3.8, 4) is 11.5 Å². The minimum atomic E-state index is -0.0459. The molecule has 0 spiro atoms. The van der Waals surface area contributed by atoms with Crippen molar-refractivity contribution in [2.24, 2.45) is 5.73 Å². The average Bonchev–Trinajstić information content (AvgIpc) is 2.74. The number of aromatic nitrogens is 2. The number of amides is 1. The van der Waals surface area contributed by atoms with E-state index < -0.39 is 0 Å². The van der Waals surface area contributed by atoms with Crippen molar-refractivity contribution in [2.75, 3.05) is 33.4 Å². The molecule has 3 rings (SSSR count). The summed E-state index contributed by atoms with van der Waals surface area (Å²) in [6.07, 6.45) is 5.97. The Morgan fingerprint density at radius 3 is 3.00 bits per heavy atom. The van der Waals surface area contributed by atoms with E-state index in [1.165, 1.54) is 0 Å². The molecular weight excluding hydrogens is 344 g/mol. The molecule has 2 N–H and O–H groups in total. The van der Waals surface area contributed by atoms with Crippen molar-refractivity contribution in [1.29, 1.82) is 0 Å². The lowest BCUT2D eigenvalue weighted by molar-refractivity contribution is 0.0700. The summed E-state index contributed by atoms with van der Waals surface area (Å²) in [6.45, 7) is 2.33. The Morgan fingerprint density at radius 1 is 1.37 bits per heavy atom. The minimum absolute atomic E-state index is 0.0459. The molecule has 2 heterocycles. The van der Waals surface area contributed by atoms with E-state index in [1.807, 2.05) is 17.0 Å². The monoisotopic (exact) mass is 370 g/mol. The molecule has 1 aliphatic heterocycles. The summed E-state index contributed by atoms with van der Waals surface area (Å²) in [7, 11) is 1.57. The summed E-state index contributed by atoms with van der Waals surface area (Å²) in [5.41, 5.74) is 7.05. The van der Waals surface area contributed by atoms with Crippen molar-refractivity contribution >= 4 is 5.91 Å². The van der Waals surface area contributed by atoms with Crippen molar-refractivity contribution in [2.45, 2.75) is 25.2 Å². The Labute approximate surface area is 159 Å². The Morgan fingerprint density at radius 2 is 2.26 bits per heavy atom. The first-order valence-electron chi connectivity index (χ1n) is 9.29. The molecular formula is C20H26N4O3. The molecule has 1 saturated heterocycles. The molecule has 27 heavy (non-hydrogen) atoms. The standard InChI is InChI=1S/C20H26N4O3/c1-26-18-7-2-6-16(19(18)27-12-4-9-21)20(25)24-11-3-5-15(13-24)17-8-10-22-14-23-17/h2,6-8,10,14-15H,3-5,9,11-13,21H2,1H3/t15-/m0/s1. The lowest BCUT2D eigenvalue weighted by Crippen LogP contribution is -2.39. The number of piperidine rings is 1. The van der Waals surface area contributed by atoms with Gasteiger partial charge in [-0.15, -0.1) is 0 Å². The molecule has 1 aliphatic rings. The number of para-hydroxylation sites is 1. The van der Waals surface area contributed by atoms with Gasteiger partial charge in [-0.3, -0.25) is 4.79 Å². The van der Waals surface area contributed by atoms with Crippen LogP contribution in [0.4, 0.5) is 0 Å². The summed E-state index contributed by atoms with van der Waals surface area (Å²) in [5, 5.41) is 0. The number of carbonyl (C=O) groups excluding carboxylic acids is 1. The number of hydrogen-bond donors (Lipinski definition) is 1. The first-order valence-corrected chi connectivity index (χ1v) is 9.29. The van der Waals surface area contributed by atoms with Crippen LogP contribution in [0.2, 0.25) is 0 Å². The van der Waals surface area contributed by atoms with Crippen LogP contribution in [-0.4, -0.2) is 54.1 Å². The minimum Gasteiger partial charge on any atom is -0.493 e. The summed E-state index contributed by atoms with van der Waals surface area (Å²) >= 11 is 0. The number of benzene rings is 1. The van der Waals surface area contributed by atoms with Crippen LogP contribution in [0, 0.1) is 0 Å². The molecule has 1 fully saturated rings. The normalized spacial score (nSPS) is 16.8. The summed E-state index contributed by atoms with van der Waals surface area (Å²) in [4.78, 5) is 23.4. The van der Waals surface area contributed by atoms with Crippen LogP contribution >= 0.6 is 0 Å². The lowest BCUT2D eigenvalue weighted by atomic mass is 9.94. The Balaban J connectivity index is 1.80. The van der Waals surface area contributed by atoms with Gasteiger partial charge in [-0.2, -0.15) is 0 Å². The van der Waals surface area contributed by atoms with Crippen LogP contribution in [0.15, 0.2) is 36.8 Å². The van der Waals surface area contributed by atoms with Crippen molar-refractivity contribution in [3.05, 3.63) is 48.0 Å². The van der Waals surface area contributed by atoms with E-state index in [0.717, 1.165) is 25.1 Å². The van der Waals surface area contributed by atoms with Gasteiger partial charge in [0, 0.05) is 30.9 Å². The van der Waals surface area contributed by atoms with Gasteiger partial charge >= 0.3 is 0 Å². The van der Waals surface area contributed by atoms with E-state index in [1.54, 1.807) is 31.8 Å². The van der Waals surface area contributed by atoms with Gasteiger partial charge < -0.3 is 20.1 Å². The largest absolute Gasteiger partial charge is 0.493 e. The molecule has 7 heteroatoms. The van der Waals surface area contributed by atoms with Crippen molar-refractivity contribution in [3.63, 3.8) is 0 Å². The number of nitrogens with two attached hydrogens (primary N) is 1. The molecule has 1 aromatic heterocycles. The molecule has 0 bridgehead atoms. The average molecular weight is 370 g/mol. The maximum absolute atomic E-state index is 13.2. The first kappa shape index (κ1) is 19.1. The van der Waals surface area contributed by atoms with Gasteiger partial charge in [0.05, 0.1) is 19.3 Å². The highest BCUT2D eigenvalue weighted by Gasteiger charge is 2.28. The molecule has 0 unspecified atom stereocenters. The van der Waals surface area contributed by atoms with Gasteiger partial charge in [0.25, 0.3) is 5.91 Å². The first-order chi connectivity index (χ1) is 13.2. The van der Waals surface area contributed by atoms with Gasteiger partial charge in [0.1, 0.15) is 6.33 Å². The van der Waals surface area contributed by atoms with Crippen molar-refractivity contribution < 1.29 is 14.3 Å². The van der Waals surface area contributed by atoms with Gasteiger partial charge in [-0.05, 0) is 44.0 Å². The fourth-order valence-electron chi connectivity index (χ4n) is 3.37. The van der Waals surface area contributed by atoms with E-state index in [4.69, 9.17) is 15.2 Å². The van der Waals surface area contributed by atoms with Gasteiger partial charge in [0.15, 0.2) is 11.5 Å². The quantitative estimate of drug-likeness (QED) is 0.752. The third-order valence-electron chi connectivity index (χ3n) is 4.76. The number of likely N-dealkylation sites (tertiary alicyclic amines) is 1. The fourth-order valence-corrected chi connectivity index (χ4v) is 3.37. The second-order valence-electron chi connectivity index (χ2n) is 6.55. The van der Waals surface area contributed by atoms with Crippen LogP contribution in [0.25, 0.3) is 0 Å². The van der Waals surface area contributed by atoms with Gasteiger partial charge in [-0.25, -0.2) is 9.97 Å². The number of carbonyl (C=O) groups is 1. The van der Waals surface area contributed by atoms with Crippen LogP contribution < -0.4 is 15.2 Å². The smallest absolute Gasteiger partial charge is 0.257 e. The summed E-state index contributed by atoms with van der Waals surface area (Å²) in [5.74, 6) is 1.22. The highest BCUT2D eigenvalue weighted by Crippen LogP contribution is 2.34. The molecule has 0 radical (unpaired) electrons. The molecule has 0 saturated carbocycles. The van der Waals surface area contributed by atoms with Crippen LogP contribution in [0.3, 0.4) is 0 Å². The topological polar surface area (TPSA) is 90.6 Å². The lowest BCUT2D eigenvalue weighted by Gasteiger charge is -2.33. The number of ether oxygens (including phenoxy) is 2. The zero-order valence-electron chi connectivity index (χ0n) is 15.6. The van der Waals surface area contributed by atoms with Gasteiger partial charge in [0.2, 0.25) is 0 Å².